The summed E-state index contributed by atoms with van der Waals surface area (Å²) in [5.41, 5.74) is -0.268. The van der Waals surface area contributed by atoms with Gasteiger partial charge in [0.25, 0.3) is 0 Å². The van der Waals surface area contributed by atoms with E-state index >= 15 is 0 Å². The van der Waals surface area contributed by atoms with E-state index in [0.29, 0.717) is 18.4 Å². The van der Waals surface area contributed by atoms with Crippen molar-refractivity contribution in [2.45, 2.75) is 45.1 Å². The zero-order chi connectivity index (χ0) is 18.4. The summed E-state index contributed by atoms with van der Waals surface area (Å²) in [5.74, 6) is 0.809. The average molecular weight is 356 g/mol. The number of benzene rings is 1. The van der Waals surface area contributed by atoms with Crippen LogP contribution in [0.15, 0.2) is 24.3 Å². The molecule has 25 heavy (non-hydrogen) atoms. The number of halogens is 3. The van der Waals surface area contributed by atoms with Crippen molar-refractivity contribution in [2.24, 2.45) is 11.8 Å². The standard InChI is InChI=1S/C18H23F3N2O2/c1-17(2,3)25-16(24)22-15-13-9-23(10-14(13)15)8-11-4-6-12(7-5-11)18(19,20)21/h4-7,13-15H,8-10H2,1-3H3,(H,22,24)/t13-,14+,15+. The molecule has 1 amide bonds. The first kappa shape index (κ1) is 18.0. The van der Waals surface area contributed by atoms with Crippen LogP contribution in [-0.4, -0.2) is 35.7 Å². The van der Waals surface area contributed by atoms with Crippen LogP contribution in [-0.2, 0) is 17.5 Å². The quantitative estimate of drug-likeness (QED) is 0.899. The van der Waals surface area contributed by atoms with E-state index in [1.807, 2.05) is 20.8 Å². The number of rotatable bonds is 3. The zero-order valence-corrected chi connectivity index (χ0v) is 14.6. The summed E-state index contributed by atoms with van der Waals surface area (Å²) in [4.78, 5) is 14.0. The molecule has 1 N–H and O–H groups in total. The maximum absolute atomic E-state index is 12.6. The van der Waals surface area contributed by atoms with Crippen molar-refractivity contribution < 1.29 is 22.7 Å². The van der Waals surface area contributed by atoms with Gasteiger partial charge in [0, 0.05) is 25.7 Å². The number of nitrogens with one attached hydrogen (secondary N) is 1. The Labute approximate surface area is 145 Å². The number of amides is 1. The summed E-state index contributed by atoms with van der Waals surface area (Å²) < 4.78 is 43.0. The lowest BCUT2D eigenvalue weighted by atomic mass is 10.1. The monoisotopic (exact) mass is 356 g/mol. The van der Waals surface area contributed by atoms with Crippen LogP contribution in [0.3, 0.4) is 0 Å². The van der Waals surface area contributed by atoms with Crippen LogP contribution in [0, 0.1) is 11.8 Å². The smallest absolute Gasteiger partial charge is 0.416 e. The normalized spacial score (nSPS) is 26.2. The van der Waals surface area contributed by atoms with Gasteiger partial charge in [0.2, 0.25) is 0 Å². The maximum atomic E-state index is 12.6. The first-order valence-corrected chi connectivity index (χ1v) is 8.41. The summed E-state index contributed by atoms with van der Waals surface area (Å²) in [7, 11) is 0. The Bertz CT molecular complexity index is 625. The van der Waals surface area contributed by atoms with E-state index in [0.717, 1.165) is 30.8 Å². The number of alkyl carbamates (subject to hydrolysis) is 1. The van der Waals surface area contributed by atoms with E-state index in [1.54, 1.807) is 0 Å². The Morgan fingerprint density at radius 1 is 1.16 bits per heavy atom. The molecular weight excluding hydrogens is 333 g/mol. The van der Waals surface area contributed by atoms with Gasteiger partial charge >= 0.3 is 12.3 Å². The fourth-order valence-electron chi connectivity index (χ4n) is 3.46. The summed E-state index contributed by atoms with van der Waals surface area (Å²) in [6.45, 7) is 7.78. The van der Waals surface area contributed by atoms with Crippen molar-refractivity contribution in [3.8, 4) is 0 Å². The number of fused-ring (bicyclic) bond motifs is 1. The number of alkyl halides is 3. The highest BCUT2D eigenvalue weighted by Crippen LogP contribution is 2.46. The third-order valence-electron chi connectivity index (χ3n) is 4.64. The Hall–Kier alpha value is -1.76. The van der Waals surface area contributed by atoms with Gasteiger partial charge in [0.15, 0.2) is 0 Å². The van der Waals surface area contributed by atoms with Crippen molar-refractivity contribution in [1.29, 1.82) is 0 Å². The van der Waals surface area contributed by atoms with Crippen LogP contribution in [0.2, 0.25) is 0 Å². The summed E-state index contributed by atoms with van der Waals surface area (Å²) in [6.07, 6.45) is -4.69. The molecule has 7 heteroatoms. The van der Waals surface area contributed by atoms with Gasteiger partial charge in [-0.05, 0) is 50.3 Å². The van der Waals surface area contributed by atoms with Gasteiger partial charge in [-0.25, -0.2) is 4.79 Å². The molecule has 1 aliphatic carbocycles. The molecule has 1 aromatic rings. The molecule has 2 fully saturated rings. The number of hydrogen-bond acceptors (Lipinski definition) is 3. The first-order chi connectivity index (χ1) is 11.5. The van der Waals surface area contributed by atoms with Crippen LogP contribution in [0.4, 0.5) is 18.0 Å². The van der Waals surface area contributed by atoms with Crippen LogP contribution in [0.5, 0.6) is 0 Å². The molecule has 0 radical (unpaired) electrons. The molecule has 0 aromatic heterocycles. The highest BCUT2D eigenvalue weighted by Gasteiger charge is 2.56. The fourth-order valence-corrected chi connectivity index (χ4v) is 3.46. The molecule has 1 heterocycles. The third kappa shape index (κ3) is 4.45. The number of nitrogens with zero attached hydrogens (tertiary/aromatic N) is 1. The molecule has 2 aliphatic rings. The second kappa shape index (κ2) is 6.20. The van der Waals surface area contributed by atoms with Gasteiger partial charge in [0.05, 0.1) is 5.56 Å². The van der Waals surface area contributed by atoms with Crippen LogP contribution < -0.4 is 5.32 Å². The van der Waals surface area contributed by atoms with Gasteiger partial charge < -0.3 is 10.1 Å². The second-order valence-electron chi connectivity index (χ2n) is 7.89. The Balaban J connectivity index is 1.45. The molecule has 138 valence electrons. The molecule has 0 bridgehead atoms. The minimum Gasteiger partial charge on any atom is -0.444 e. The first-order valence-electron chi connectivity index (χ1n) is 8.41. The van der Waals surface area contributed by atoms with Gasteiger partial charge in [-0.1, -0.05) is 12.1 Å². The van der Waals surface area contributed by atoms with E-state index < -0.39 is 17.3 Å². The molecular formula is C18H23F3N2O2. The lowest BCUT2D eigenvalue weighted by Gasteiger charge is -2.22. The van der Waals surface area contributed by atoms with E-state index in [2.05, 4.69) is 10.2 Å². The van der Waals surface area contributed by atoms with Gasteiger partial charge in [0.1, 0.15) is 5.60 Å². The van der Waals surface area contributed by atoms with E-state index in [1.165, 1.54) is 12.1 Å². The van der Waals surface area contributed by atoms with Crippen molar-refractivity contribution in [3.63, 3.8) is 0 Å². The van der Waals surface area contributed by atoms with Crippen LogP contribution >= 0.6 is 0 Å². The minimum absolute atomic E-state index is 0.152. The number of likely N-dealkylation sites (tertiary alicyclic amines) is 1. The van der Waals surface area contributed by atoms with Crippen molar-refractivity contribution >= 4 is 6.09 Å². The predicted molar refractivity (Wildman–Crippen MR) is 86.9 cm³/mol. The number of carbonyl (C=O) groups excluding carboxylic acids is 1. The molecule has 1 saturated carbocycles. The number of ether oxygens (including phenoxy) is 1. The highest BCUT2D eigenvalue weighted by molar-refractivity contribution is 5.68. The molecule has 1 saturated heterocycles. The average Bonchev–Trinajstić information content (AvgIpc) is 2.90. The Morgan fingerprint density at radius 3 is 2.20 bits per heavy atom. The highest BCUT2D eigenvalue weighted by atomic mass is 19.4. The zero-order valence-electron chi connectivity index (χ0n) is 14.6. The van der Waals surface area contributed by atoms with Crippen molar-refractivity contribution in [1.82, 2.24) is 10.2 Å². The lowest BCUT2D eigenvalue weighted by Crippen LogP contribution is -2.38. The predicted octanol–water partition coefficient (Wildman–Crippen LogP) is 3.66. The number of piperidine rings is 1. The molecule has 0 spiro atoms. The van der Waals surface area contributed by atoms with Gasteiger partial charge in [-0.2, -0.15) is 13.2 Å². The molecule has 1 aromatic carbocycles. The fraction of sp³-hybridized carbons (Fsp3) is 0.611. The van der Waals surface area contributed by atoms with Crippen LogP contribution in [0.1, 0.15) is 31.9 Å². The summed E-state index contributed by atoms with van der Waals surface area (Å²) in [5, 5.41) is 2.91. The third-order valence-corrected chi connectivity index (χ3v) is 4.64. The molecule has 4 nitrogen and oxygen atoms in total. The van der Waals surface area contributed by atoms with Gasteiger partial charge in [-0.3, -0.25) is 4.90 Å². The second-order valence-corrected chi connectivity index (χ2v) is 7.89. The molecule has 3 rings (SSSR count). The number of carbonyl (C=O) groups is 1. The van der Waals surface area contributed by atoms with Crippen molar-refractivity contribution in [3.05, 3.63) is 35.4 Å². The Kier molecular flexibility index (Phi) is 4.47. The molecule has 1 aliphatic heterocycles. The largest absolute Gasteiger partial charge is 0.444 e. The maximum Gasteiger partial charge on any atom is 0.416 e. The van der Waals surface area contributed by atoms with E-state index in [4.69, 9.17) is 4.74 Å². The van der Waals surface area contributed by atoms with Crippen molar-refractivity contribution in [2.75, 3.05) is 13.1 Å². The summed E-state index contributed by atoms with van der Waals surface area (Å²) in [6, 6.07) is 5.46. The van der Waals surface area contributed by atoms with Crippen LogP contribution in [0.25, 0.3) is 0 Å². The van der Waals surface area contributed by atoms with E-state index in [9.17, 15) is 18.0 Å². The lowest BCUT2D eigenvalue weighted by molar-refractivity contribution is -0.137. The van der Waals surface area contributed by atoms with Gasteiger partial charge in [-0.15, -0.1) is 0 Å². The summed E-state index contributed by atoms with van der Waals surface area (Å²) >= 11 is 0. The number of hydrogen-bond donors (Lipinski definition) is 1. The SMILES string of the molecule is CC(C)(C)OC(=O)N[C@H]1[C@@H]2CN(Cc3ccc(C(F)(F)F)cc3)C[C@@H]21. The molecule has 3 atom stereocenters. The minimum atomic E-state index is -4.30. The topological polar surface area (TPSA) is 41.6 Å². The van der Waals surface area contributed by atoms with E-state index in [-0.39, 0.29) is 12.1 Å². The molecule has 0 unspecified atom stereocenters. The Morgan fingerprint density at radius 2 is 1.72 bits per heavy atom.